The average molecular weight is 229 g/mol. The van der Waals surface area contributed by atoms with E-state index >= 15 is 0 Å². The largest absolute Gasteiger partial charge is 0.389 e. The number of pyridine rings is 1. The third kappa shape index (κ3) is 2.50. The minimum absolute atomic E-state index is 0.140. The van der Waals surface area contributed by atoms with Crippen molar-refractivity contribution in [3.63, 3.8) is 0 Å². The van der Waals surface area contributed by atoms with Crippen molar-refractivity contribution in [2.45, 2.75) is 25.9 Å². The monoisotopic (exact) mass is 229 g/mol. The maximum absolute atomic E-state index is 12.0. The smallest absolute Gasteiger partial charge is 0.341 e. The summed E-state index contributed by atoms with van der Waals surface area (Å²) in [4.78, 5) is 10.8. The lowest BCUT2D eigenvalue weighted by Gasteiger charge is -2.02. The zero-order valence-corrected chi connectivity index (χ0v) is 8.60. The van der Waals surface area contributed by atoms with Crippen molar-refractivity contribution in [1.29, 1.82) is 0 Å². The number of nitrogens with zero attached hydrogens (tertiary/aromatic N) is 2. The summed E-state index contributed by atoms with van der Waals surface area (Å²) in [6.07, 6.45) is -3.52. The van der Waals surface area contributed by atoms with Gasteiger partial charge in [-0.1, -0.05) is 0 Å². The Balaban J connectivity index is 2.20. The van der Waals surface area contributed by atoms with E-state index in [1.54, 1.807) is 6.20 Å². The van der Waals surface area contributed by atoms with E-state index in [4.69, 9.17) is 0 Å². The molecule has 0 aliphatic heterocycles. The highest BCUT2D eigenvalue weighted by atomic mass is 19.4. The third-order valence-electron chi connectivity index (χ3n) is 2.17. The number of aromatic amines is 1. The van der Waals surface area contributed by atoms with E-state index in [-0.39, 0.29) is 6.42 Å². The molecule has 0 aliphatic rings. The first-order valence-corrected chi connectivity index (χ1v) is 4.82. The van der Waals surface area contributed by atoms with Gasteiger partial charge in [-0.05, 0) is 18.6 Å². The summed E-state index contributed by atoms with van der Waals surface area (Å²) in [7, 11) is 0. The molecule has 0 bridgehead atoms. The van der Waals surface area contributed by atoms with Crippen LogP contribution in [0, 0.1) is 6.92 Å². The van der Waals surface area contributed by atoms with Gasteiger partial charge < -0.3 is 4.98 Å². The Bertz CT molecular complexity index is 501. The fourth-order valence-electron chi connectivity index (χ4n) is 1.43. The molecule has 0 amide bonds. The van der Waals surface area contributed by atoms with Gasteiger partial charge in [0.05, 0.1) is 11.9 Å². The van der Waals surface area contributed by atoms with Crippen molar-refractivity contribution in [3.8, 4) is 0 Å². The van der Waals surface area contributed by atoms with Crippen LogP contribution < -0.4 is 0 Å². The summed E-state index contributed by atoms with van der Waals surface area (Å²) in [5.74, 6) is 0.324. The Morgan fingerprint density at radius 3 is 2.81 bits per heavy atom. The number of alkyl halides is 3. The molecule has 0 saturated heterocycles. The first-order valence-electron chi connectivity index (χ1n) is 4.82. The second kappa shape index (κ2) is 3.77. The maximum Gasteiger partial charge on any atom is 0.389 e. The molecule has 1 N–H and O–H groups in total. The molecule has 0 saturated carbocycles. The third-order valence-corrected chi connectivity index (χ3v) is 2.17. The quantitative estimate of drug-likeness (QED) is 0.860. The Kier molecular flexibility index (Phi) is 2.57. The Hall–Kier alpha value is -1.59. The van der Waals surface area contributed by atoms with Gasteiger partial charge in [-0.25, -0.2) is 9.97 Å². The Labute approximate surface area is 89.7 Å². The second-order valence-corrected chi connectivity index (χ2v) is 3.68. The molecule has 0 atom stereocenters. The number of nitrogens with one attached hydrogen (secondary N) is 1. The molecular formula is C10H10F3N3. The zero-order valence-electron chi connectivity index (χ0n) is 8.60. The number of halogens is 3. The molecule has 6 heteroatoms. The lowest BCUT2D eigenvalue weighted by atomic mass is 10.3. The van der Waals surface area contributed by atoms with E-state index < -0.39 is 12.6 Å². The molecule has 86 valence electrons. The van der Waals surface area contributed by atoms with Crippen molar-refractivity contribution < 1.29 is 13.2 Å². The number of hydrogen-bond donors (Lipinski definition) is 1. The minimum Gasteiger partial charge on any atom is -0.341 e. The molecule has 0 aromatic carbocycles. The van der Waals surface area contributed by atoms with Gasteiger partial charge >= 0.3 is 6.18 Å². The number of fused-ring (bicyclic) bond motifs is 1. The highest BCUT2D eigenvalue weighted by Gasteiger charge is 2.27. The van der Waals surface area contributed by atoms with Crippen molar-refractivity contribution >= 4 is 11.2 Å². The van der Waals surface area contributed by atoms with Gasteiger partial charge in [0.15, 0.2) is 5.65 Å². The lowest BCUT2D eigenvalue weighted by Crippen LogP contribution is -2.09. The van der Waals surface area contributed by atoms with Crippen LogP contribution in [-0.4, -0.2) is 21.1 Å². The molecule has 0 unspecified atom stereocenters. The van der Waals surface area contributed by atoms with Gasteiger partial charge in [0.2, 0.25) is 0 Å². The maximum atomic E-state index is 12.0. The predicted molar refractivity (Wildman–Crippen MR) is 53.0 cm³/mol. The lowest BCUT2D eigenvalue weighted by molar-refractivity contribution is -0.134. The summed E-state index contributed by atoms with van der Waals surface area (Å²) in [6.45, 7) is 1.86. The molecule has 0 spiro atoms. The molecule has 0 aliphatic carbocycles. The Morgan fingerprint density at radius 2 is 2.12 bits per heavy atom. The highest BCUT2D eigenvalue weighted by Crippen LogP contribution is 2.22. The van der Waals surface area contributed by atoms with E-state index in [1.165, 1.54) is 0 Å². The van der Waals surface area contributed by atoms with E-state index in [2.05, 4.69) is 15.0 Å². The van der Waals surface area contributed by atoms with E-state index in [0.29, 0.717) is 17.0 Å². The van der Waals surface area contributed by atoms with Gasteiger partial charge in [-0.15, -0.1) is 0 Å². The number of aryl methyl sites for hydroxylation is 2. The number of imidazole rings is 1. The average Bonchev–Trinajstić information content (AvgIpc) is 2.55. The van der Waals surface area contributed by atoms with E-state index in [1.807, 2.05) is 13.0 Å². The number of hydrogen-bond acceptors (Lipinski definition) is 2. The van der Waals surface area contributed by atoms with Crippen molar-refractivity contribution in [2.24, 2.45) is 0 Å². The molecule has 16 heavy (non-hydrogen) atoms. The van der Waals surface area contributed by atoms with Gasteiger partial charge in [0, 0.05) is 12.6 Å². The van der Waals surface area contributed by atoms with Crippen LogP contribution in [0.2, 0.25) is 0 Å². The summed E-state index contributed by atoms with van der Waals surface area (Å²) >= 11 is 0. The molecular weight excluding hydrogens is 219 g/mol. The molecule has 3 nitrogen and oxygen atoms in total. The van der Waals surface area contributed by atoms with Gasteiger partial charge in [-0.3, -0.25) is 0 Å². The van der Waals surface area contributed by atoms with Crippen LogP contribution in [0.5, 0.6) is 0 Å². The summed E-state index contributed by atoms with van der Waals surface area (Å²) < 4.78 is 36.0. The predicted octanol–water partition coefficient (Wildman–Crippen LogP) is 2.76. The van der Waals surface area contributed by atoms with Crippen molar-refractivity contribution in [2.75, 3.05) is 0 Å². The Morgan fingerprint density at radius 1 is 1.38 bits per heavy atom. The normalized spacial score (nSPS) is 12.2. The van der Waals surface area contributed by atoms with E-state index in [9.17, 15) is 13.2 Å². The number of rotatable bonds is 2. The van der Waals surface area contributed by atoms with Crippen LogP contribution in [0.3, 0.4) is 0 Å². The molecule has 0 fully saturated rings. The standard InChI is InChI=1S/C10H10F3N3/c1-6-4-7-9(14-5-6)16-8(15-7)2-3-10(11,12)13/h4-5H,2-3H2,1H3,(H,14,15,16). The molecule has 2 aromatic rings. The topological polar surface area (TPSA) is 41.6 Å². The van der Waals surface area contributed by atoms with Crippen LogP contribution in [0.25, 0.3) is 11.2 Å². The van der Waals surface area contributed by atoms with E-state index in [0.717, 1.165) is 5.56 Å². The van der Waals surface area contributed by atoms with Gasteiger partial charge in [-0.2, -0.15) is 13.2 Å². The fourth-order valence-corrected chi connectivity index (χ4v) is 1.43. The summed E-state index contributed by atoms with van der Waals surface area (Å²) in [5, 5.41) is 0. The first kappa shape index (κ1) is 10.9. The van der Waals surface area contributed by atoms with Crippen LogP contribution >= 0.6 is 0 Å². The van der Waals surface area contributed by atoms with Gasteiger partial charge in [0.1, 0.15) is 5.82 Å². The summed E-state index contributed by atoms with van der Waals surface area (Å²) in [6, 6.07) is 1.81. The number of aromatic nitrogens is 3. The molecule has 2 aromatic heterocycles. The number of H-pyrrole nitrogens is 1. The fraction of sp³-hybridized carbons (Fsp3) is 0.400. The molecule has 0 radical (unpaired) electrons. The van der Waals surface area contributed by atoms with Crippen LogP contribution in [0.15, 0.2) is 12.3 Å². The van der Waals surface area contributed by atoms with Crippen LogP contribution in [0.1, 0.15) is 17.8 Å². The van der Waals surface area contributed by atoms with Crippen molar-refractivity contribution in [3.05, 3.63) is 23.7 Å². The molecule has 2 heterocycles. The zero-order chi connectivity index (χ0) is 11.8. The first-order chi connectivity index (χ1) is 7.44. The minimum atomic E-state index is -4.15. The second-order valence-electron chi connectivity index (χ2n) is 3.68. The SMILES string of the molecule is Cc1cnc2nc(CCC(F)(F)F)[nH]c2c1. The van der Waals surface area contributed by atoms with Gasteiger partial charge in [0.25, 0.3) is 0 Å². The molecule has 2 rings (SSSR count). The summed E-state index contributed by atoms with van der Waals surface area (Å²) in [5.41, 5.74) is 2.08. The van der Waals surface area contributed by atoms with Crippen LogP contribution in [-0.2, 0) is 6.42 Å². The van der Waals surface area contributed by atoms with Crippen LogP contribution in [0.4, 0.5) is 13.2 Å². The van der Waals surface area contributed by atoms with Crippen molar-refractivity contribution in [1.82, 2.24) is 15.0 Å². The highest BCUT2D eigenvalue weighted by molar-refractivity contribution is 5.70.